The van der Waals surface area contributed by atoms with Crippen molar-refractivity contribution in [1.29, 1.82) is 0 Å². The largest absolute Gasteiger partial charge is 0.395 e. The first-order valence-electron chi connectivity index (χ1n) is 5.14. The molecule has 0 aromatic heterocycles. The molecule has 0 aliphatic heterocycles. The summed E-state index contributed by atoms with van der Waals surface area (Å²) in [6.07, 6.45) is 4.10. The zero-order valence-corrected chi connectivity index (χ0v) is 12.0. The van der Waals surface area contributed by atoms with Crippen LogP contribution in [0.1, 0.15) is 46.0 Å². The highest BCUT2D eigenvalue weighted by atomic mass is 79.9. The summed E-state index contributed by atoms with van der Waals surface area (Å²) in [7, 11) is 0. The predicted octanol–water partition coefficient (Wildman–Crippen LogP) is 4.57. The fourth-order valence-electron chi connectivity index (χ4n) is 1.08. The lowest BCUT2D eigenvalue weighted by Crippen LogP contribution is -2.23. The van der Waals surface area contributed by atoms with E-state index in [1.165, 1.54) is 25.7 Å². The van der Waals surface area contributed by atoms with Crippen LogP contribution >= 0.6 is 26.4 Å². The lowest BCUT2D eigenvalue weighted by molar-refractivity contribution is 0.325. The molecule has 0 radical (unpaired) electrons. The second kappa shape index (κ2) is 8.27. The lowest BCUT2D eigenvalue weighted by atomic mass is 10.2. The van der Waals surface area contributed by atoms with Gasteiger partial charge >= 0.3 is 6.25 Å². The molecule has 0 aliphatic carbocycles. The van der Waals surface area contributed by atoms with Gasteiger partial charge in [0.1, 0.15) is 0 Å². The minimum absolute atomic E-state index is 0.786. The topological polar surface area (TPSA) is 9.23 Å². The Kier molecular flexibility index (Phi) is 8.87. The molecule has 4 heteroatoms. The van der Waals surface area contributed by atoms with Crippen molar-refractivity contribution in [2.24, 2.45) is 0 Å². The van der Waals surface area contributed by atoms with Crippen LogP contribution in [0.4, 0.5) is 0 Å². The number of hydrogen-bond donors (Lipinski definition) is 0. The van der Waals surface area contributed by atoms with Crippen LogP contribution in [0, 0.1) is 0 Å². The van der Waals surface area contributed by atoms with Crippen LogP contribution in [0.15, 0.2) is 0 Å². The molecule has 0 spiro atoms. The Bertz CT molecular complexity index is 122. The molecule has 1 unspecified atom stereocenters. The zero-order valence-electron chi connectivity index (χ0n) is 8.61. The van der Waals surface area contributed by atoms with E-state index in [2.05, 4.69) is 29.1 Å². The van der Waals surface area contributed by atoms with E-state index in [4.69, 9.17) is 15.5 Å². The summed E-state index contributed by atoms with van der Waals surface area (Å²) in [4.78, 5) is 0. The van der Waals surface area contributed by atoms with Crippen molar-refractivity contribution in [2.75, 3.05) is 6.61 Å². The standard InChI is InChI=1S/C9H20BrClOSi/c1-3-5-6-7-9-13(10,11)12-8-4-2/h3-9H2,1-2H3. The summed E-state index contributed by atoms with van der Waals surface area (Å²) in [5, 5.41) is 0. The van der Waals surface area contributed by atoms with Crippen molar-refractivity contribution in [2.45, 2.75) is 52.0 Å². The summed E-state index contributed by atoms with van der Waals surface area (Å²) >= 11 is 9.74. The summed E-state index contributed by atoms with van der Waals surface area (Å²) < 4.78 is 5.58. The maximum atomic E-state index is 6.23. The van der Waals surface area contributed by atoms with Crippen LogP contribution in [0.5, 0.6) is 0 Å². The fourth-order valence-corrected chi connectivity index (χ4v) is 4.35. The minimum Gasteiger partial charge on any atom is -0.395 e. The molecule has 13 heavy (non-hydrogen) atoms. The number of unbranched alkanes of at least 4 members (excludes halogenated alkanes) is 3. The number of halogens is 2. The van der Waals surface area contributed by atoms with E-state index in [-0.39, 0.29) is 0 Å². The monoisotopic (exact) mass is 286 g/mol. The molecule has 0 saturated heterocycles. The molecule has 0 bridgehead atoms. The number of rotatable bonds is 8. The van der Waals surface area contributed by atoms with Crippen molar-refractivity contribution >= 4 is 32.6 Å². The molecule has 0 aliphatic rings. The van der Waals surface area contributed by atoms with Crippen LogP contribution in [-0.2, 0) is 4.43 Å². The normalized spacial score (nSPS) is 15.7. The Morgan fingerprint density at radius 3 is 2.38 bits per heavy atom. The molecular weight excluding hydrogens is 268 g/mol. The molecule has 1 atom stereocenters. The summed E-state index contributed by atoms with van der Waals surface area (Å²) in [5.41, 5.74) is 0. The van der Waals surface area contributed by atoms with Gasteiger partial charge < -0.3 is 4.43 Å². The molecule has 0 N–H and O–H groups in total. The fraction of sp³-hybridized carbons (Fsp3) is 1.00. The highest BCUT2D eigenvalue weighted by molar-refractivity contribution is 9.27. The Morgan fingerprint density at radius 1 is 1.15 bits per heavy atom. The lowest BCUT2D eigenvalue weighted by Gasteiger charge is -2.16. The van der Waals surface area contributed by atoms with E-state index in [0.29, 0.717) is 0 Å². The average molecular weight is 288 g/mol. The van der Waals surface area contributed by atoms with Gasteiger partial charge in [0.25, 0.3) is 0 Å². The van der Waals surface area contributed by atoms with Crippen molar-refractivity contribution in [1.82, 2.24) is 0 Å². The minimum atomic E-state index is -1.99. The molecule has 0 aromatic carbocycles. The molecule has 0 rings (SSSR count). The van der Waals surface area contributed by atoms with Gasteiger partial charge in [-0.1, -0.05) is 54.8 Å². The van der Waals surface area contributed by atoms with E-state index in [9.17, 15) is 0 Å². The number of hydrogen-bond acceptors (Lipinski definition) is 1. The van der Waals surface area contributed by atoms with Crippen LogP contribution in [-0.4, -0.2) is 12.9 Å². The summed E-state index contributed by atoms with van der Waals surface area (Å²) in [6, 6.07) is 1.02. The maximum Gasteiger partial charge on any atom is 0.362 e. The van der Waals surface area contributed by atoms with Crippen molar-refractivity contribution in [3.63, 3.8) is 0 Å². The summed E-state index contributed by atoms with van der Waals surface area (Å²) in [5.74, 6) is 0. The van der Waals surface area contributed by atoms with E-state index < -0.39 is 6.25 Å². The third-order valence-corrected chi connectivity index (χ3v) is 6.17. The van der Waals surface area contributed by atoms with Crippen LogP contribution in [0.25, 0.3) is 0 Å². The Labute approximate surface area is 95.6 Å². The van der Waals surface area contributed by atoms with E-state index in [0.717, 1.165) is 19.1 Å². The van der Waals surface area contributed by atoms with Gasteiger partial charge in [-0.05, 0) is 12.5 Å². The molecule has 0 amide bonds. The van der Waals surface area contributed by atoms with Gasteiger partial charge in [0.2, 0.25) is 0 Å². The van der Waals surface area contributed by atoms with Gasteiger partial charge in [0.05, 0.1) is 0 Å². The quantitative estimate of drug-likeness (QED) is 0.361. The SMILES string of the molecule is CCCCCC[Si](Cl)(Br)OCCC. The Balaban J connectivity index is 3.39. The van der Waals surface area contributed by atoms with Crippen LogP contribution in [0.2, 0.25) is 6.04 Å². The predicted molar refractivity (Wildman–Crippen MR) is 65.7 cm³/mol. The third kappa shape index (κ3) is 9.26. The summed E-state index contributed by atoms with van der Waals surface area (Å²) in [6.45, 7) is 5.10. The van der Waals surface area contributed by atoms with Crippen molar-refractivity contribution in [3.8, 4) is 0 Å². The molecule has 1 nitrogen and oxygen atoms in total. The van der Waals surface area contributed by atoms with E-state index in [1.807, 2.05) is 0 Å². The first-order chi connectivity index (χ1) is 6.12. The molecule has 80 valence electrons. The molecule has 0 aromatic rings. The van der Waals surface area contributed by atoms with Crippen LogP contribution in [0.3, 0.4) is 0 Å². The van der Waals surface area contributed by atoms with Gasteiger partial charge in [-0.25, -0.2) is 0 Å². The first kappa shape index (κ1) is 13.9. The third-order valence-electron chi connectivity index (χ3n) is 1.84. The van der Waals surface area contributed by atoms with Gasteiger partial charge in [-0.3, -0.25) is 0 Å². The van der Waals surface area contributed by atoms with E-state index in [1.54, 1.807) is 0 Å². The smallest absolute Gasteiger partial charge is 0.362 e. The molecule has 0 heterocycles. The first-order valence-corrected chi connectivity index (χ1v) is 10.5. The van der Waals surface area contributed by atoms with E-state index >= 15 is 0 Å². The zero-order chi connectivity index (χ0) is 10.2. The molecule has 0 fully saturated rings. The van der Waals surface area contributed by atoms with Gasteiger partial charge in [0.15, 0.2) is 0 Å². The van der Waals surface area contributed by atoms with Gasteiger partial charge in [-0.2, -0.15) is 0 Å². The molecular formula is C9H20BrClOSi. The molecule has 0 saturated carbocycles. The Hall–Kier alpha value is 0.947. The average Bonchev–Trinajstić information content (AvgIpc) is 2.09. The van der Waals surface area contributed by atoms with Crippen molar-refractivity contribution < 1.29 is 4.43 Å². The maximum absolute atomic E-state index is 6.23. The van der Waals surface area contributed by atoms with Gasteiger partial charge in [-0.15, -0.1) is 11.1 Å². The highest BCUT2D eigenvalue weighted by Gasteiger charge is 2.28. The second-order valence-corrected chi connectivity index (χ2v) is 12.4. The Morgan fingerprint density at radius 2 is 1.85 bits per heavy atom. The van der Waals surface area contributed by atoms with Crippen LogP contribution < -0.4 is 0 Å². The second-order valence-electron chi connectivity index (χ2n) is 3.30. The van der Waals surface area contributed by atoms with Crippen molar-refractivity contribution in [3.05, 3.63) is 0 Å². The van der Waals surface area contributed by atoms with Gasteiger partial charge in [0, 0.05) is 6.61 Å². The highest BCUT2D eigenvalue weighted by Crippen LogP contribution is 2.27.